The van der Waals surface area contributed by atoms with Crippen LogP contribution in [0.5, 0.6) is 11.5 Å². The molecule has 0 aliphatic rings. The largest absolute Gasteiger partial charge is 0.508 e. The topological polar surface area (TPSA) is 41.5 Å². The van der Waals surface area contributed by atoms with Crippen molar-refractivity contribution in [3.63, 3.8) is 0 Å². The molecule has 20 heavy (non-hydrogen) atoms. The summed E-state index contributed by atoms with van der Waals surface area (Å²) in [5.74, 6) is -0.698. The van der Waals surface area contributed by atoms with Crippen molar-refractivity contribution < 1.29 is 18.6 Å². The number of methoxy groups -OCH3 is 1. The molecule has 2 N–H and O–H groups in total. The Morgan fingerprint density at radius 2 is 1.90 bits per heavy atom. The summed E-state index contributed by atoms with van der Waals surface area (Å²) in [5, 5.41) is 12.3. The summed E-state index contributed by atoms with van der Waals surface area (Å²) in [6, 6.07) is 7.68. The van der Waals surface area contributed by atoms with Crippen molar-refractivity contribution in [2.24, 2.45) is 0 Å². The first-order chi connectivity index (χ1) is 9.51. The van der Waals surface area contributed by atoms with Crippen molar-refractivity contribution in [1.82, 2.24) is 0 Å². The van der Waals surface area contributed by atoms with Crippen molar-refractivity contribution in [3.05, 3.63) is 53.6 Å². The Hall–Kier alpha value is -2.30. The van der Waals surface area contributed by atoms with Gasteiger partial charge >= 0.3 is 0 Å². The molecule has 0 bridgehead atoms. The van der Waals surface area contributed by atoms with Crippen molar-refractivity contribution in [1.29, 1.82) is 0 Å². The van der Waals surface area contributed by atoms with E-state index in [4.69, 9.17) is 4.74 Å². The zero-order valence-electron chi connectivity index (χ0n) is 11.2. The summed E-state index contributed by atoms with van der Waals surface area (Å²) in [5.41, 5.74) is 0.961. The maximum absolute atomic E-state index is 13.8. The van der Waals surface area contributed by atoms with Gasteiger partial charge in [-0.3, -0.25) is 0 Å². The Labute approximate surface area is 115 Å². The van der Waals surface area contributed by atoms with Crippen LogP contribution in [-0.2, 0) is 0 Å². The zero-order chi connectivity index (χ0) is 14.7. The summed E-state index contributed by atoms with van der Waals surface area (Å²) >= 11 is 0. The SMILES string of the molecule is COc1cc(F)ccc1NC(C)c1ccc(O)cc1F. The molecule has 0 aromatic heterocycles. The lowest BCUT2D eigenvalue weighted by molar-refractivity contribution is 0.412. The molecule has 0 amide bonds. The summed E-state index contributed by atoms with van der Waals surface area (Å²) in [6.07, 6.45) is 0. The van der Waals surface area contributed by atoms with Crippen LogP contribution in [0.1, 0.15) is 18.5 Å². The van der Waals surface area contributed by atoms with Gasteiger partial charge in [0.1, 0.15) is 23.1 Å². The van der Waals surface area contributed by atoms with Gasteiger partial charge in [0, 0.05) is 17.7 Å². The number of hydrogen-bond donors (Lipinski definition) is 2. The van der Waals surface area contributed by atoms with Crippen molar-refractivity contribution in [2.45, 2.75) is 13.0 Å². The van der Waals surface area contributed by atoms with E-state index in [-0.39, 0.29) is 11.8 Å². The molecule has 1 atom stereocenters. The van der Waals surface area contributed by atoms with Crippen LogP contribution >= 0.6 is 0 Å². The molecule has 0 radical (unpaired) electrons. The molecule has 0 saturated carbocycles. The summed E-state index contributed by atoms with van der Waals surface area (Å²) in [7, 11) is 1.44. The van der Waals surface area contributed by atoms with Crippen LogP contribution in [0.2, 0.25) is 0 Å². The van der Waals surface area contributed by atoms with Crippen LogP contribution in [0.4, 0.5) is 14.5 Å². The molecule has 2 rings (SSSR count). The first kappa shape index (κ1) is 14.1. The molecule has 0 fully saturated rings. The molecule has 5 heteroatoms. The quantitative estimate of drug-likeness (QED) is 0.893. The third-order valence-corrected chi connectivity index (χ3v) is 2.99. The monoisotopic (exact) mass is 279 g/mol. The van der Waals surface area contributed by atoms with Gasteiger partial charge < -0.3 is 15.2 Å². The molecule has 1 unspecified atom stereocenters. The molecule has 106 valence electrons. The van der Waals surface area contributed by atoms with Crippen LogP contribution in [0.3, 0.4) is 0 Å². The second-order valence-corrected chi connectivity index (χ2v) is 4.42. The molecule has 2 aromatic carbocycles. The van der Waals surface area contributed by atoms with E-state index in [9.17, 15) is 13.9 Å². The van der Waals surface area contributed by atoms with E-state index in [1.807, 2.05) is 0 Å². The normalized spacial score (nSPS) is 12.0. The lowest BCUT2D eigenvalue weighted by Crippen LogP contribution is -2.09. The van der Waals surface area contributed by atoms with Gasteiger partial charge in [0.05, 0.1) is 18.8 Å². The number of anilines is 1. The molecule has 0 spiro atoms. The first-order valence-corrected chi connectivity index (χ1v) is 6.09. The van der Waals surface area contributed by atoms with Crippen LogP contribution in [-0.4, -0.2) is 12.2 Å². The Morgan fingerprint density at radius 3 is 2.55 bits per heavy atom. The highest BCUT2D eigenvalue weighted by molar-refractivity contribution is 5.57. The highest BCUT2D eigenvalue weighted by Crippen LogP contribution is 2.30. The van der Waals surface area contributed by atoms with E-state index in [1.165, 1.54) is 37.4 Å². The molecule has 0 heterocycles. The molecule has 3 nitrogen and oxygen atoms in total. The molecular weight excluding hydrogens is 264 g/mol. The predicted molar refractivity (Wildman–Crippen MR) is 73.1 cm³/mol. The number of nitrogens with one attached hydrogen (secondary N) is 1. The number of aromatic hydroxyl groups is 1. The molecule has 0 aliphatic carbocycles. The van der Waals surface area contributed by atoms with Gasteiger partial charge in [0.25, 0.3) is 0 Å². The van der Waals surface area contributed by atoms with Gasteiger partial charge in [-0.15, -0.1) is 0 Å². The van der Waals surface area contributed by atoms with E-state index >= 15 is 0 Å². The maximum Gasteiger partial charge on any atom is 0.144 e. The van der Waals surface area contributed by atoms with Crippen LogP contribution in [0.25, 0.3) is 0 Å². The standard InChI is InChI=1S/C15H15F2NO2/c1-9(12-5-4-11(19)8-13(12)17)18-14-6-3-10(16)7-15(14)20-2/h3-9,18-19H,1-2H3. The average molecular weight is 279 g/mol. The van der Waals surface area contributed by atoms with Gasteiger partial charge in [0.15, 0.2) is 0 Å². The van der Waals surface area contributed by atoms with Crippen LogP contribution in [0.15, 0.2) is 36.4 Å². The second kappa shape index (κ2) is 5.77. The molecule has 2 aromatic rings. The summed E-state index contributed by atoms with van der Waals surface area (Å²) < 4.78 is 31.9. The summed E-state index contributed by atoms with van der Waals surface area (Å²) in [4.78, 5) is 0. The fourth-order valence-electron chi connectivity index (χ4n) is 1.96. The highest BCUT2D eigenvalue weighted by Gasteiger charge is 2.13. The number of phenolic OH excluding ortho intramolecular Hbond substituents is 1. The smallest absolute Gasteiger partial charge is 0.144 e. The Kier molecular flexibility index (Phi) is 4.08. The number of phenols is 1. The number of halogens is 2. The van der Waals surface area contributed by atoms with Crippen LogP contribution < -0.4 is 10.1 Å². The molecule has 0 saturated heterocycles. The fraction of sp³-hybridized carbons (Fsp3) is 0.200. The second-order valence-electron chi connectivity index (χ2n) is 4.42. The minimum Gasteiger partial charge on any atom is -0.508 e. The van der Waals surface area contributed by atoms with Gasteiger partial charge in [-0.2, -0.15) is 0 Å². The van der Waals surface area contributed by atoms with Gasteiger partial charge in [-0.25, -0.2) is 8.78 Å². The van der Waals surface area contributed by atoms with E-state index < -0.39 is 11.6 Å². The Morgan fingerprint density at radius 1 is 1.15 bits per heavy atom. The van der Waals surface area contributed by atoms with Crippen molar-refractivity contribution >= 4 is 5.69 Å². The van der Waals surface area contributed by atoms with Crippen molar-refractivity contribution in [2.75, 3.05) is 12.4 Å². The van der Waals surface area contributed by atoms with Gasteiger partial charge in [0.2, 0.25) is 0 Å². The molecular formula is C15H15F2NO2. The average Bonchev–Trinajstić information content (AvgIpc) is 2.40. The minimum atomic E-state index is -0.508. The number of benzene rings is 2. The molecule has 0 aliphatic heterocycles. The number of ether oxygens (including phenoxy) is 1. The van der Waals surface area contributed by atoms with Gasteiger partial charge in [-0.05, 0) is 25.1 Å². The van der Waals surface area contributed by atoms with Gasteiger partial charge in [-0.1, -0.05) is 6.07 Å². The van der Waals surface area contributed by atoms with Crippen molar-refractivity contribution in [3.8, 4) is 11.5 Å². The zero-order valence-corrected chi connectivity index (χ0v) is 11.2. The van der Waals surface area contributed by atoms with Crippen LogP contribution in [0, 0.1) is 11.6 Å². The maximum atomic E-state index is 13.8. The van der Waals surface area contributed by atoms with E-state index in [1.54, 1.807) is 6.92 Å². The number of hydrogen-bond acceptors (Lipinski definition) is 3. The summed E-state index contributed by atoms with van der Waals surface area (Å²) in [6.45, 7) is 1.76. The van der Waals surface area contributed by atoms with E-state index in [2.05, 4.69) is 5.32 Å². The van der Waals surface area contributed by atoms with E-state index in [0.29, 0.717) is 17.0 Å². The number of rotatable bonds is 4. The third kappa shape index (κ3) is 2.99. The Balaban J connectivity index is 2.25. The lowest BCUT2D eigenvalue weighted by atomic mass is 10.1. The van der Waals surface area contributed by atoms with E-state index in [0.717, 1.165) is 6.07 Å². The highest BCUT2D eigenvalue weighted by atomic mass is 19.1. The Bertz CT molecular complexity index is 617. The predicted octanol–water partition coefficient (Wildman–Crippen LogP) is 3.85. The lowest BCUT2D eigenvalue weighted by Gasteiger charge is -2.18. The minimum absolute atomic E-state index is 0.127. The fourth-order valence-corrected chi connectivity index (χ4v) is 1.96. The third-order valence-electron chi connectivity index (χ3n) is 2.99. The first-order valence-electron chi connectivity index (χ1n) is 6.09.